The molecule has 0 aliphatic heterocycles. The van der Waals surface area contributed by atoms with Crippen LogP contribution in [-0.4, -0.2) is 24.5 Å². The molecule has 0 saturated carbocycles. The van der Waals surface area contributed by atoms with Gasteiger partial charge in [0.15, 0.2) is 11.6 Å². The molecule has 0 spiro atoms. The third-order valence-electron chi connectivity index (χ3n) is 13.1. The third-order valence-corrected chi connectivity index (χ3v) is 13.1. The van der Waals surface area contributed by atoms with Crippen molar-refractivity contribution < 1.29 is 0 Å². The van der Waals surface area contributed by atoms with Gasteiger partial charge in [0, 0.05) is 44.2 Å². The second-order valence-corrected chi connectivity index (χ2v) is 17.6. The molecule has 0 aliphatic carbocycles. The fraction of sp³-hybridized carbons (Fsp3) is 0. The van der Waals surface area contributed by atoms with Crippen molar-refractivity contribution in [2.45, 2.75) is 0 Å². The summed E-state index contributed by atoms with van der Waals surface area (Å²) in [6, 6.07) is 83.1. The average Bonchev–Trinajstić information content (AvgIpc) is 3.80. The van der Waals surface area contributed by atoms with Crippen molar-refractivity contribution >= 4 is 21.8 Å². The quantitative estimate of drug-likeness (QED) is 0.141. The summed E-state index contributed by atoms with van der Waals surface area (Å²) in [5.74, 6) is 1.06. The summed E-state index contributed by atoms with van der Waals surface area (Å²) in [7, 11) is 0. The predicted octanol–water partition coefficient (Wildman–Crippen LogP) is 15.3. The standard InChI is InChI=1S/C65H38N8/c66-39-42-21-25-45(26-22-42)51-29-31-53-54-32-30-52(46-27-23-43(40-67)24-28-46)36-62(54)73(61(53)35-51)63-55(59-37-57(47-13-5-1-6-14-47)69-64(71-59)49-17-9-3-10-18-49)33-44(41-68)34-56(63)60-38-58(48-15-7-2-8-16-48)70-65(72-60)50-19-11-4-12-20-50/h1-38H. The van der Waals surface area contributed by atoms with Crippen LogP contribution in [0.3, 0.4) is 0 Å². The minimum atomic E-state index is 0.410. The lowest BCUT2D eigenvalue weighted by Crippen LogP contribution is -2.05. The van der Waals surface area contributed by atoms with Crippen LogP contribution in [0.4, 0.5) is 0 Å². The number of rotatable bonds is 9. The van der Waals surface area contributed by atoms with E-state index in [0.29, 0.717) is 62.2 Å². The minimum absolute atomic E-state index is 0.410. The van der Waals surface area contributed by atoms with Gasteiger partial charge < -0.3 is 4.57 Å². The topological polar surface area (TPSA) is 128 Å². The normalized spacial score (nSPS) is 11.0. The average molecular weight is 931 g/mol. The molecule has 0 N–H and O–H groups in total. The van der Waals surface area contributed by atoms with Gasteiger partial charge in [-0.2, -0.15) is 15.8 Å². The maximum atomic E-state index is 11.1. The SMILES string of the molecule is N#Cc1ccc(-c2ccc3c4ccc(-c5ccc(C#N)cc5)cc4n(-c4c(-c5cc(-c6ccccc6)nc(-c6ccccc6)n5)cc(C#N)cc4-c4cc(-c5ccccc5)nc(-c5ccccc5)n4)c3c2)cc1. The maximum Gasteiger partial charge on any atom is 0.160 e. The monoisotopic (exact) mass is 930 g/mol. The molecule has 338 valence electrons. The molecule has 3 heterocycles. The maximum absolute atomic E-state index is 11.1. The van der Waals surface area contributed by atoms with Crippen LogP contribution < -0.4 is 0 Å². The lowest BCUT2D eigenvalue weighted by molar-refractivity contribution is 1.14. The van der Waals surface area contributed by atoms with Crippen LogP contribution in [0.2, 0.25) is 0 Å². The molecule has 12 aromatic rings. The highest BCUT2D eigenvalue weighted by Gasteiger charge is 2.26. The van der Waals surface area contributed by atoms with E-state index >= 15 is 0 Å². The minimum Gasteiger partial charge on any atom is -0.308 e. The molecule has 0 atom stereocenters. The Kier molecular flexibility index (Phi) is 11.2. The molecule has 73 heavy (non-hydrogen) atoms. The van der Waals surface area contributed by atoms with Gasteiger partial charge in [-0.05, 0) is 82.9 Å². The molecular weight excluding hydrogens is 893 g/mol. The van der Waals surface area contributed by atoms with E-state index in [1.807, 2.05) is 194 Å². The molecule has 3 aromatic heterocycles. The molecule has 0 fully saturated rings. The molecule has 0 bridgehead atoms. The van der Waals surface area contributed by atoms with E-state index in [1.165, 1.54) is 0 Å². The molecule has 8 heteroatoms. The van der Waals surface area contributed by atoms with E-state index in [0.717, 1.165) is 72.0 Å². The number of fused-ring (bicyclic) bond motifs is 3. The van der Waals surface area contributed by atoms with Crippen LogP contribution >= 0.6 is 0 Å². The van der Waals surface area contributed by atoms with E-state index in [9.17, 15) is 15.8 Å². The van der Waals surface area contributed by atoms with Gasteiger partial charge in [0.05, 0.1) is 74.4 Å². The Bertz CT molecular complexity index is 3810. The Balaban J connectivity index is 1.25. The Labute approximate surface area is 421 Å². The highest BCUT2D eigenvalue weighted by molar-refractivity contribution is 6.12. The van der Waals surface area contributed by atoms with Gasteiger partial charge in [0.25, 0.3) is 0 Å². The van der Waals surface area contributed by atoms with Crippen LogP contribution in [-0.2, 0) is 0 Å². The predicted molar refractivity (Wildman–Crippen MR) is 290 cm³/mol. The van der Waals surface area contributed by atoms with Crippen molar-refractivity contribution in [1.29, 1.82) is 15.8 Å². The summed E-state index contributed by atoms with van der Waals surface area (Å²) in [5.41, 5.74) is 15.4. The lowest BCUT2D eigenvalue weighted by Gasteiger charge is -2.21. The summed E-state index contributed by atoms with van der Waals surface area (Å²) in [4.78, 5) is 21.2. The molecule has 0 unspecified atom stereocenters. The summed E-state index contributed by atoms with van der Waals surface area (Å²) in [6.45, 7) is 0. The van der Waals surface area contributed by atoms with Gasteiger partial charge in [-0.3, -0.25) is 0 Å². The molecular formula is C65H38N8. The molecule has 12 rings (SSSR count). The Hall–Kier alpha value is -10.6. The first-order chi connectivity index (χ1) is 36.0. The van der Waals surface area contributed by atoms with E-state index < -0.39 is 0 Å². The van der Waals surface area contributed by atoms with Crippen molar-refractivity contribution in [1.82, 2.24) is 24.5 Å². The molecule has 9 aromatic carbocycles. The number of hydrogen-bond donors (Lipinski definition) is 0. The van der Waals surface area contributed by atoms with E-state index in [-0.39, 0.29) is 0 Å². The second-order valence-electron chi connectivity index (χ2n) is 17.6. The number of aromatic nitrogens is 5. The smallest absolute Gasteiger partial charge is 0.160 e. The highest BCUT2D eigenvalue weighted by Crippen LogP contribution is 2.45. The molecule has 0 aliphatic rings. The van der Waals surface area contributed by atoms with Crippen molar-refractivity contribution in [2.24, 2.45) is 0 Å². The zero-order chi connectivity index (χ0) is 49.3. The first-order valence-electron chi connectivity index (χ1n) is 23.7. The lowest BCUT2D eigenvalue weighted by atomic mass is 9.95. The molecule has 0 radical (unpaired) electrons. The Morgan fingerprint density at radius 1 is 0.288 bits per heavy atom. The van der Waals surface area contributed by atoms with Crippen molar-refractivity contribution in [3.05, 3.63) is 247 Å². The number of nitriles is 3. The van der Waals surface area contributed by atoms with Crippen LogP contribution in [0.5, 0.6) is 0 Å². The summed E-state index contributed by atoms with van der Waals surface area (Å²) < 4.78 is 2.29. The molecule has 8 nitrogen and oxygen atoms in total. The summed E-state index contributed by atoms with van der Waals surface area (Å²) in [5, 5.41) is 32.5. The van der Waals surface area contributed by atoms with Crippen LogP contribution in [0.1, 0.15) is 16.7 Å². The van der Waals surface area contributed by atoms with E-state index in [1.54, 1.807) is 0 Å². The molecule has 0 saturated heterocycles. The van der Waals surface area contributed by atoms with E-state index in [2.05, 4.69) is 59.2 Å². The van der Waals surface area contributed by atoms with Crippen LogP contribution in [0.25, 0.3) is 118 Å². The van der Waals surface area contributed by atoms with Gasteiger partial charge in [-0.1, -0.05) is 170 Å². The van der Waals surface area contributed by atoms with Gasteiger partial charge in [-0.15, -0.1) is 0 Å². The molecule has 0 amide bonds. The van der Waals surface area contributed by atoms with Crippen LogP contribution in [0, 0.1) is 34.0 Å². The second kappa shape index (κ2) is 18.7. The highest BCUT2D eigenvalue weighted by atomic mass is 15.0. The Morgan fingerprint density at radius 2 is 0.630 bits per heavy atom. The largest absolute Gasteiger partial charge is 0.308 e. The first-order valence-corrected chi connectivity index (χ1v) is 23.7. The first kappa shape index (κ1) is 43.7. The summed E-state index contributed by atoms with van der Waals surface area (Å²) >= 11 is 0. The van der Waals surface area contributed by atoms with Gasteiger partial charge >= 0.3 is 0 Å². The van der Waals surface area contributed by atoms with Crippen molar-refractivity contribution in [3.63, 3.8) is 0 Å². The Morgan fingerprint density at radius 3 is 1.00 bits per heavy atom. The van der Waals surface area contributed by atoms with Gasteiger partial charge in [0.2, 0.25) is 0 Å². The van der Waals surface area contributed by atoms with E-state index in [4.69, 9.17) is 19.9 Å². The fourth-order valence-electron chi connectivity index (χ4n) is 9.54. The zero-order valence-electron chi connectivity index (χ0n) is 39.0. The van der Waals surface area contributed by atoms with Crippen LogP contribution in [0.15, 0.2) is 231 Å². The summed E-state index contributed by atoms with van der Waals surface area (Å²) in [6.07, 6.45) is 0. The number of nitrogens with zero attached hydrogens (tertiary/aromatic N) is 8. The van der Waals surface area contributed by atoms with Gasteiger partial charge in [-0.25, -0.2) is 19.9 Å². The third kappa shape index (κ3) is 8.32. The van der Waals surface area contributed by atoms with Crippen molar-refractivity contribution in [2.75, 3.05) is 0 Å². The van der Waals surface area contributed by atoms with Crippen molar-refractivity contribution in [3.8, 4) is 114 Å². The van der Waals surface area contributed by atoms with Gasteiger partial charge in [0.1, 0.15) is 0 Å². The zero-order valence-corrected chi connectivity index (χ0v) is 39.0. The number of benzene rings is 9. The number of hydrogen-bond acceptors (Lipinski definition) is 7. The fourth-order valence-corrected chi connectivity index (χ4v) is 9.54.